The Morgan fingerprint density at radius 2 is 1.82 bits per heavy atom. The minimum atomic E-state index is -0.339. The van der Waals surface area contributed by atoms with Gasteiger partial charge >= 0.3 is 0 Å². The van der Waals surface area contributed by atoms with Crippen LogP contribution in [0, 0.1) is 6.92 Å². The quantitative estimate of drug-likeness (QED) is 0.385. The fraction of sp³-hybridized carbons (Fsp3) is 0.185. The molecule has 2 N–H and O–H groups in total. The van der Waals surface area contributed by atoms with Gasteiger partial charge in [-0.05, 0) is 54.8 Å². The molecule has 4 aromatic rings. The predicted molar refractivity (Wildman–Crippen MR) is 131 cm³/mol. The van der Waals surface area contributed by atoms with Gasteiger partial charge in [0.1, 0.15) is 22.9 Å². The Hall–Kier alpha value is -3.77. The number of ether oxygens (including phenoxy) is 1. The Morgan fingerprint density at radius 3 is 2.53 bits per heavy atom. The Morgan fingerprint density at radius 1 is 1.09 bits per heavy atom. The van der Waals surface area contributed by atoms with Crippen LogP contribution in [0.5, 0.6) is 11.5 Å². The van der Waals surface area contributed by atoms with Crippen LogP contribution < -0.4 is 4.74 Å². The Kier molecular flexibility index (Phi) is 5.75. The summed E-state index contributed by atoms with van der Waals surface area (Å²) in [5, 5.41) is 18.4. The molecule has 5 rings (SSSR count). The molecule has 3 aromatic carbocycles. The number of fused-ring (bicyclic) bond motifs is 1. The minimum absolute atomic E-state index is 0.0606. The normalized spacial score (nSPS) is 15.0. The number of hydrogen-bond donors (Lipinski definition) is 2. The fourth-order valence-corrected chi connectivity index (χ4v) is 4.64. The lowest BCUT2D eigenvalue weighted by Crippen LogP contribution is -2.31. The summed E-state index contributed by atoms with van der Waals surface area (Å²) in [5.74, 6) is 0.741. The second-order valence-corrected chi connectivity index (χ2v) is 8.87. The number of H-pyrrole nitrogens is 1. The third-order valence-corrected chi connectivity index (χ3v) is 6.51. The molecule has 34 heavy (non-hydrogen) atoms. The van der Waals surface area contributed by atoms with Crippen molar-refractivity contribution in [2.45, 2.75) is 19.4 Å². The molecule has 0 bridgehead atoms. The first-order valence-corrected chi connectivity index (χ1v) is 11.4. The summed E-state index contributed by atoms with van der Waals surface area (Å²) in [5.41, 5.74) is 5.44. The number of carbonyl (C=O) groups is 1. The molecular formula is C27H24ClN3O3. The SMILES string of the molecule is COc1ccc(CCN2C(=O)c3[nH]nc(-c4cc(Cl)ccc4O)c3C2c2ccc(C)cc2)cc1. The molecule has 6 nitrogen and oxygen atoms in total. The molecule has 1 aliphatic heterocycles. The number of hydrogen-bond acceptors (Lipinski definition) is 4. The summed E-state index contributed by atoms with van der Waals surface area (Å²) in [6.07, 6.45) is 0.688. The topological polar surface area (TPSA) is 78.5 Å². The third-order valence-electron chi connectivity index (χ3n) is 6.27. The second-order valence-electron chi connectivity index (χ2n) is 8.43. The average molecular weight is 474 g/mol. The molecule has 1 atom stereocenters. The van der Waals surface area contributed by atoms with E-state index < -0.39 is 0 Å². The van der Waals surface area contributed by atoms with E-state index in [-0.39, 0.29) is 17.7 Å². The van der Waals surface area contributed by atoms with E-state index in [9.17, 15) is 9.90 Å². The van der Waals surface area contributed by atoms with E-state index in [0.29, 0.717) is 34.9 Å². The second kappa shape index (κ2) is 8.88. The number of nitrogens with one attached hydrogen (secondary N) is 1. The molecule has 1 aliphatic rings. The molecule has 1 unspecified atom stereocenters. The van der Waals surface area contributed by atoms with Crippen molar-refractivity contribution >= 4 is 17.5 Å². The zero-order chi connectivity index (χ0) is 23.8. The van der Waals surface area contributed by atoms with Gasteiger partial charge < -0.3 is 14.7 Å². The molecule has 1 amide bonds. The molecule has 2 heterocycles. The number of benzene rings is 3. The standard InChI is InChI=1S/C27H24ClN3O3/c1-16-3-7-18(8-4-16)26-23-24(21-15-19(28)9-12-22(21)32)29-30-25(23)27(33)31(26)14-13-17-5-10-20(34-2)11-6-17/h3-12,15,26,32H,13-14H2,1-2H3,(H,29,30). The van der Waals surface area contributed by atoms with E-state index in [1.165, 1.54) is 6.07 Å². The van der Waals surface area contributed by atoms with E-state index >= 15 is 0 Å². The number of rotatable bonds is 6. The lowest BCUT2D eigenvalue weighted by atomic mass is 9.95. The first-order chi connectivity index (χ1) is 16.5. The van der Waals surface area contributed by atoms with E-state index in [1.54, 1.807) is 19.2 Å². The van der Waals surface area contributed by atoms with Gasteiger partial charge in [-0.15, -0.1) is 0 Å². The first kappa shape index (κ1) is 22.0. The van der Waals surface area contributed by atoms with Crippen LogP contribution >= 0.6 is 11.6 Å². The number of carbonyl (C=O) groups excluding carboxylic acids is 1. The molecule has 0 saturated heterocycles. The summed E-state index contributed by atoms with van der Waals surface area (Å²) in [7, 11) is 1.64. The number of halogens is 1. The van der Waals surface area contributed by atoms with Crippen LogP contribution in [-0.4, -0.2) is 39.8 Å². The lowest BCUT2D eigenvalue weighted by molar-refractivity contribution is 0.0746. The monoisotopic (exact) mass is 473 g/mol. The largest absolute Gasteiger partial charge is 0.507 e. The number of amides is 1. The van der Waals surface area contributed by atoms with E-state index in [4.69, 9.17) is 16.3 Å². The van der Waals surface area contributed by atoms with Gasteiger partial charge in [-0.1, -0.05) is 53.6 Å². The number of phenolic OH excluding ortho intramolecular Hbond substituents is 1. The molecule has 1 aromatic heterocycles. The van der Waals surface area contributed by atoms with Gasteiger partial charge in [-0.25, -0.2) is 0 Å². The van der Waals surface area contributed by atoms with Gasteiger partial charge in [0.15, 0.2) is 0 Å². The molecular weight excluding hydrogens is 450 g/mol. The van der Waals surface area contributed by atoms with Crippen molar-refractivity contribution in [2.24, 2.45) is 0 Å². The van der Waals surface area contributed by atoms with Crippen LogP contribution in [0.1, 0.15) is 38.8 Å². The number of aromatic amines is 1. The highest BCUT2D eigenvalue weighted by molar-refractivity contribution is 6.31. The summed E-state index contributed by atoms with van der Waals surface area (Å²) in [6.45, 7) is 2.55. The molecule has 7 heteroatoms. The highest BCUT2D eigenvalue weighted by Crippen LogP contribution is 2.45. The van der Waals surface area contributed by atoms with Crippen LogP contribution in [0.3, 0.4) is 0 Å². The molecule has 172 valence electrons. The van der Waals surface area contributed by atoms with Gasteiger partial charge in [-0.2, -0.15) is 5.10 Å². The molecule has 0 spiro atoms. The number of phenols is 1. The highest BCUT2D eigenvalue weighted by Gasteiger charge is 2.42. The van der Waals surface area contributed by atoms with Crippen molar-refractivity contribution in [1.82, 2.24) is 15.1 Å². The lowest BCUT2D eigenvalue weighted by Gasteiger charge is -2.26. The fourth-order valence-electron chi connectivity index (χ4n) is 4.47. The first-order valence-electron chi connectivity index (χ1n) is 11.0. The van der Waals surface area contributed by atoms with E-state index in [1.807, 2.05) is 60.4 Å². The van der Waals surface area contributed by atoms with E-state index in [0.717, 1.165) is 28.0 Å². The molecule has 0 aliphatic carbocycles. The highest BCUT2D eigenvalue weighted by atomic mass is 35.5. The van der Waals surface area contributed by atoms with Crippen molar-refractivity contribution in [2.75, 3.05) is 13.7 Å². The summed E-state index contributed by atoms with van der Waals surface area (Å²) in [4.78, 5) is 15.4. The van der Waals surface area contributed by atoms with Crippen molar-refractivity contribution in [3.05, 3.63) is 99.7 Å². The summed E-state index contributed by atoms with van der Waals surface area (Å²) in [6, 6.07) is 20.5. The third kappa shape index (κ3) is 3.90. The summed E-state index contributed by atoms with van der Waals surface area (Å²) >= 11 is 6.22. The smallest absolute Gasteiger partial charge is 0.273 e. The maximum atomic E-state index is 13.5. The van der Waals surface area contributed by atoms with Gasteiger partial charge in [-0.3, -0.25) is 9.89 Å². The predicted octanol–water partition coefficient (Wildman–Crippen LogP) is 5.54. The van der Waals surface area contributed by atoms with Crippen LogP contribution in [0.25, 0.3) is 11.3 Å². The zero-order valence-corrected chi connectivity index (χ0v) is 19.6. The van der Waals surface area contributed by atoms with Gasteiger partial charge in [0, 0.05) is 22.7 Å². The average Bonchev–Trinajstić information content (AvgIpc) is 3.39. The number of aromatic nitrogens is 2. The number of nitrogens with zero attached hydrogens (tertiary/aromatic N) is 2. The van der Waals surface area contributed by atoms with Gasteiger partial charge in [0.05, 0.1) is 13.2 Å². The van der Waals surface area contributed by atoms with Gasteiger partial charge in [0.25, 0.3) is 5.91 Å². The molecule has 0 saturated carbocycles. The zero-order valence-electron chi connectivity index (χ0n) is 18.9. The van der Waals surface area contributed by atoms with Crippen molar-refractivity contribution in [3.8, 4) is 22.8 Å². The van der Waals surface area contributed by atoms with Gasteiger partial charge in [0.2, 0.25) is 0 Å². The minimum Gasteiger partial charge on any atom is -0.507 e. The van der Waals surface area contributed by atoms with Crippen molar-refractivity contribution in [1.29, 1.82) is 0 Å². The van der Waals surface area contributed by atoms with Crippen molar-refractivity contribution in [3.63, 3.8) is 0 Å². The Balaban J connectivity index is 1.56. The van der Waals surface area contributed by atoms with Crippen LogP contribution in [0.15, 0.2) is 66.7 Å². The number of methoxy groups -OCH3 is 1. The summed E-state index contributed by atoms with van der Waals surface area (Å²) < 4.78 is 5.25. The maximum absolute atomic E-state index is 13.5. The van der Waals surface area contributed by atoms with Crippen molar-refractivity contribution < 1.29 is 14.6 Å². The number of aryl methyl sites for hydroxylation is 1. The Bertz CT molecular complexity index is 1350. The van der Waals surface area contributed by atoms with Crippen LogP contribution in [-0.2, 0) is 6.42 Å². The molecule has 0 radical (unpaired) electrons. The van der Waals surface area contributed by atoms with E-state index in [2.05, 4.69) is 10.2 Å². The molecule has 0 fully saturated rings. The van der Waals surface area contributed by atoms with Crippen LogP contribution in [0.2, 0.25) is 5.02 Å². The maximum Gasteiger partial charge on any atom is 0.273 e. The Labute approximate surface area is 202 Å². The number of aromatic hydroxyl groups is 1. The van der Waals surface area contributed by atoms with Crippen LogP contribution in [0.4, 0.5) is 0 Å².